The highest BCUT2D eigenvalue weighted by Crippen LogP contribution is 2.33. The van der Waals surface area contributed by atoms with Crippen LogP contribution in [0.1, 0.15) is 43.2 Å². The van der Waals surface area contributed by atoms with Gasteiger partial charge in [-0.2, -0.15) is 0 Å². The van der Waals surface area contributed by atoms with Crippen molar-refractivity contribution < 1.29 is 9.90 Å². The van der Waals surface area contributed by atoms with Crippen LogP contribution in [0.5, 0.6) is 0 Å². The van der Waals surface area contributed by atoms with Gasteiger partial charge in [0.1, 0.15) is 5.69 Å². The number of aliphatic imine (C=N–C) groups is 1. The number of rotatable bonds is 4. The van der Waals surface area contributed by atoms with E-state index in [4.69, 9.17) is 9.97 Å². The molecule has 0 bridgehead atoms. The molecule has 1 N–H and O–H groups in total. The Morgan fingerprint density at radius 2 is 1.93 bits per heavy atom. The number of hydrogen-bond acceptors (Lipinski definition) is 5. The number of fused-ring (bicyclic) bond motifs is 2. The zero-order chi connectivity index (χ0) is 20.0. The number of hydrogen-bond donors (Lipinski definition) is 1. The predicted molar refractivity (Wildman–Crippen MR) is 112 cm³/mol. The van der Waals surface area contributed by atoms with E-state index in [1.807, 2.05) is 14.0 Å². The summed E-state index contributed by atoms with van der Waals surface area (Å²) >= 11 is 0. The molecule has 142 valence electrons. The first kappa shape index (κ1) is 18.1. The minimum Gasteiger partial charge on any atom is -0.478 e. The van der Waals surface area contributed by atoms with Crippen LogP contribution in [-0.4, -0.2) is 39.8 Å². The van der Waals surface area contributed by atoms with Crippen molar-refractivity contribution in [1.82, 2.24) is 9.97 Å². The van der Waals surface area contributed by atoms with Crippen LogP contribution < -0.4 is 4.90 Å². The Kier molecular flexibility index (Phi) is 4.34. The van der Waals surface area contributed by atoms with Crippen LogP contribution in [0.2, 0.25) is 0 Å². The average molecular weight is 374 g/mol. The normalized spacial score (nSPS) is 15.8. The summed E-state index contributed by atoms with van der Waals surface area (Å²) in [7, 11) is 1.98. The Balaban J connectivity index is 1.89. The molecular weight excluding hydrogens is 352 g/mol. The van der Waals surface area contributed by atoms with Crippen molar-refractivity contribution in [1.29, 1.82) is 0 Å². The highest BCUT2D eigenvalue weighted by molar-refractivity contribution is 6.10. The quantitative estimate of drug-likeness (QED) is 0.866. The average Bonchev–Trinajstić information content (AvgIpc) is 3.04. The minimum absolute atomic E-state index is 0.208. The number of carboxylic acid groups (broad SMARTS) is 1. The Morgan fingerprint density at radius 1 is 1.14 bits per heavy atom. The molecule has 1 aliphatic heterocycles. The van der Waals surface area contributed by atoms with Crippen molar-refractivity contribution in [2.24, 2.45) is 4.99 Å². The Hall–Kier alpha value is -3.28. The lowest BCUT2D eigenvalue weighted by Gasteiger charge is -2.26. The molecule has 0 fully saturated rings. The number of nitrogens with zero attached hydrogens (tertiary/aromatic N) is 4. The summed E-state index contributed by atoms with van der Waals surface area (Å²) in [6.07, 6.45) is 7.09. The fourth-order valence-electron chi connectivity index (χ4n) is 3.37. The third-order valence-corrected chi connectivity index (χ3v) is 5.11. The topological polar surface area (TPSA) is 78.7 Å². The largest absolute Gasteiger partial charge is 0.478 e. The molecule has 0 spiro atoms. The number of benzene rings is 1. The van der Waals surface area contributed by atoms with E-state index in [1.165, 1.54) is 0 Å². The summed E-state index contributed by atoms with van der Waals surface area (Å²) in [5.74, 6) is -0.228. The first-order chi connectivity index (χ1) is 13.3. The predicted octanol–water partition coefficient (Wildman–Crippen LogP) is 4.24. The maximum absolute atomic E-state index is 11.3. The highest BCUT2D eigenvalue weighted by atomic mass is 16.4. The Bertz CT molecular complexity index is 1120. The van der Waals surface area contributed by atoms with Gasteiger partial charge < -0.3 is 10.0 Å². The summed E-state index contributed by atoms with van der Waals surface area (Å²) < 4.78 is 0. The second kappa shape index (κ2) is 6.71. The van der Waals surface area contributed by atoms with Crippen LogP contribution in [0.25, 0.3) is 16.6 Å². The van der Waals surface area contributed by atoms with E-state index in [0.29, 0.717) is 11.0 Å². The second-order valence-corrected chi connectivity index (χ2v) is 7.42. The van der Waals surface area contributed by atoms with Gasteiger partial charge in [-0.25, -0.2) is 14.8 Å². The molecule has 6 heteroatoms. The fourth-order valence-corrected chi connectivity index (χ4v) is 3.37. The minimum atomic E-state index is -0.971. The fraction of sp³-hybridized carbons (Fsp3) is 0.273. The first-order valence-electron chi connectivity index (χ1n) is 9.30. The maximum atomic E-state index is 11.3. The van der Waals surface area contributed by atoms with Gasteiger partial charge in [0, 0.05) is 30.8 Å². The molecule has 1 aromatic carbocycles. The van der Waals surface area contributed by atoms with Gasteiger partial charge in [-0.1, -0.05) is 6.08 Å². The molecule has 0 atom stereocenters. The van der Waals surface area contributed by atoms with Gasteiger partial charge in [0.2, 0.25) is 0 Å². The molecule has 0 amide bonds. The van der Waals surface area contributed by atoms with Gasteiger partial charge in [-0.3, -0.25) is 4.99 Å². The van der Waals surface area contributed by atoms with E-state index in [-0.39, 0.29) is 11.6 Å². The zero-order valence-electron chi connectivity index (χ0n) is 16.4. The third-order valence-electron chi connectivity index (χ3n) is 5.11. The number of allylic oxidation sites excluding steroid dienone is 6. The molecule has 2 heterocycles. The van der Waals surface area contributed by atoms with E-state index >= 15 is 0 Å². The summed E-state index contributed by atoms with van der Waals surface area (Å²) in [6, 6.07) is 5.08. The van der Waals surface area contributed by atoms with Gasteiger partial charge in [0.15, 0.2) is 5.82 Å². The smallest absolute Gasteiger partial charge is 0.335 e. The standard InChI is InChI=1S/C22H22N4O2/c1-12(2)26(4)21-20(14-5-7-17-16(10-14)9-13(3)23-17)24-18-8-6-15(22(27)28)11-19(18)25-21/h5-6,8-12H,7H2,1-4H3,(H,27,28). The first-order valence-corrected chi connectivity index (χ1v) is 9.30. The van der Waals surface area contributed by atoms with E-state index in [0.717, 1.165) is 40.5 Å². The molecule has 0 unspecified atom stereocenters. The SMILES string of the molecule is CC1=CC2=CC(c3nc4ccc(C(=O)O)cc4nc3N(C)C(C)C)=CCC2=N1. The van der Waals surface area contributed by atoms with Crippen LogP contribution in [0, 0.1) is 0 Å². The van der Waals surface area contributed by atoms with Gasteiger partial charge in [-0.05, 0) is 56.7 Å². The molecule has 0 radical (unpaired) electrons. The van der Waals surface area contributed by atoms with Crippen molar-refractivity contribution in [3.63, 3.8) is 0 Å². The number of anilines is 1. The van der Waals surface area contributed by atoms with Crippen molar-refractivity contribution in [2.75, 3.05) is 11.9 Å². The third kappa shape index (κ3) is 3.11. The lowest BCUT2D eigenvalue weighted by Crippen LogP contribution is -2.28. The van der Waals surface area contributed by atoms with Crippen LogP contribution in [0.4, 0.5) is 5.82 Å². The monoisotopic (exact) mass is 374 g/mol. The van der Waals surface area contributed by atoms with Gasteiger partial charge in [-0.15, -0.1) is 0 Å². The molecule has 1 aliphatic carbocycles. The Labute approximate surface area is 163 Å². The van der Waals surface area contributed by atoms with E-state index < -0.39 is 5.97 Å². The van der Waals surface area contributed by atoms with Crippen molar-refractivity contribution in [3.8, 4) is 0 Å². The molecule has 0 saturated carbocycles. The number of carbonyl (C=O) groups is 1. The lowest BCUT2D eigenvalue weighted by atomic mass is 9.96. The van der Waals surface area contributed by atoms with Crippen LogP contribution >= 0.6 is 0 Å². The summed E-state index contributed by atoms with van der Waals surface area (Å²) in [5, 5.41) is 9.29. The molecular formula is C22H22N4O2. The molecule has 4 rings (SSSR count). The Morgan fingerprint density at radius 3 is 2.64 bits per heavy atom. The van der Waals surface area contributed by atoms with E-state index in [9.17, 15) is 9.90 Å². The second-order valence-electron chi connectivity index (χ2n) is 7.42. The molecule has 6 nitrogen and oxygen atoms in total. The molecule has 28 heavy (non-hydrogen) atoms. The molecule has 1 aromatic heterocycles. The van der Waals surface area contributed by atoms with Crippen LogP contribution in [0.15, 0.2) is 52.7 Å². The molecule has 2 aliphatic rings. The lowest BCUT2D eigenvalue weighted by molar-refractivity contribution is 0.0697. The van der Waals surface area contributed by atoms with Crippen molar-refractivity contribution in [2.45, 2.75) is 33.2 Å². The van der Waals surface area contributed by atoms with Crippen LogP contribution in [0.3, 0.4) is 0 Å². The van der Waals surface area contributed by atoms with E-state index in [1.54, 1.807) is 18.2 Å². The summed E-state index contributed by atoms with van der Waals surface area (Å²) in [5.41, 5.74) is 6.50. The number of carboxylic acids is 1. The number of aromatic carboxylic acids is 1. The maximum Gasteiger partial charge on any atom is 0.335 e. The summed E-state index contributed by atoms with van der Waals surface area (Å²) in [4.78, 5) is 27.6. The summed E-state index contributed by atoms with van der Waals surface area (Å²) in [6.45, 7) is 6.18. The molecule has 0 saturated heterocycles. The van der Waals surface area contributed by atoms with Gasteiger partial charge in [0.25, 0.3) is 0 Å². The van der Waals surface area contributed by atoms with E-state index in [2.05, 4.69) is 42.0 Å². The molecule has 2 aromatic rings. The number of aromatic nitrogens is 2. The zero-order valence-corrected chi connectivity index (χ0v) is 16.4. The van der Waals surface area contributed by atoms with Crippen molar-refractivity contribution in [3.05, 3.63) is 59.0 Å². The van der Waals surface area contributed by atoms with Crippen LogP contribution in [-0.2, 0) is 0 Å². The van der Waals surface area contributed by atoms with Gasteiger partial charge in [0.05, 0.1) is 22.3 Å². The highest BCUT2D eigenvalue weighted by Gasteiger charge is 2.22. The van der Waals surface area contributed by atoms with Gasteiger partial charge >= 0.3 is 5.97 Å². The van der Waals surface area contributed by atoms with Crippen molar-refractivity contribution >= 4 is 34.1 Å².